The standard InChI is InChI=1S/C12H15F2NOS/c1-8(15-17(16)12(2,3)4)10-6-5-9(13)7-11(10)14/h5-7H,1-4H3/b15-8+. The Bertz CT molecular complexity index is 441. The molecule has 0 bridgehead atoms. The number of rotatable bonds is 2. The Labute approximate surface area is 103 Å². The van der Waals surface area contributed by atoms with Crippen LogP contribution in [-0.2, 0) is 11.4 Å². The van der Waals surface area contributed by atoms with Crippen LogP contribution < -0.4 is 0 Å². The summed E-state index contributed by atoms with van der Waals surface area (Å²) in [5.41, 5.74) is 0.472. The summed E-state index contributed by atoms with van der Waals surface area (Å²) < 4.78 is 41.3. The van der Waals surface area contributed by atoms with E-state index >= 15 is 0 Å². The summed E-state index contributed by atoms with van der Waals surface area (Å²) in [7, 11) is 0. The van der Waals surface area contributed by atoms with Crippen LogP contribution in [0.2, 0.25) is 0 Å². The van der Waals surface area contributed by atoms with Crippen LogP contribution in [0.25, 0.3) is 0 Å². The molecule has 0 aliphatic heterocycles. The Balaban J connectivity index is 3.04. The lowest BCUT2D eigenvalue weighted by molar-refractivity contribution is 0.561. The van der Waals surface area contributed by atoms with Crippen LogP contribution in [-0.4, -0.2) is 15.0 Å². The molecule has 5 heteroatoms. The minimum atomic E-state index is -1.45. The summed E-state index contributed by atoms with van der Waals surface area (Å²) in [5, 5.41) is 0. The van der Waals surface area contributed by atoms with Crippen LogP contribution in [0, 0.1) is 11.6 Å². The lowest BCUT2D eigenvalue weighted by atomic mass is 10.1. The van der Waals surface area contributed by atoms with Gasteiger partial charge in [0, 0.05) is 11.6 Å². The number of nitrogens with zero attached hydrogens (tertiary/aromatic N) is 1. The predicted octanol–water partition coefficient (Wildman–Crippen LogP) is 3.24. The zero-order chi connectivity index (χ0) is 13.2. The molecule has 1 aromatic rings. The molecule has 94 valence electrons. The van der Waals surface area contributed by atoms with Gasteiger partial charge in [-0.15, -0.1) is 0 Å². The summed E-state index contributed by atoms with van der Waals surface area (Å²) in [6, 6.07) is 3.23. The first kappa shape index (κ1) is 14.1. The van der Waals surface area contributed by atoms with Crippen LogP contribution >= 0.6 is 0 Å². The molecule has 0 spiro atoms. The maximum absolute atomic E-state index is 13.4. The largest absolute Gasteiger partial charge is 0.591 e. The quantitative estimate of drug-likeness (QED) is 0.593. The third kappa shape index (κ3) is 3.78. The van der Waals surface area contributed by atoms with E-state index in [0.29, 0.717) is 5.71 Å². The first-order chi connectivity index (χ1) is 7.71. The Morgan fingerprint density at radius 1 is 1.29 bits per heavy atom. The molecule has 0 aliphatic rings. The molecule has 1 rings (SSSR count). The van der Waals surface area contributed by atoms with E-state index in [2.05, 4.69) is 4.40 Å². The normalized spacial score (nSPS) is 14.9. The lowest BCUT2D eigenvalue weighted by Crippen LogP contribution is -2.26. The first-order valence-corrected chi connectivity index (χ1v) is 6.25. The Kier molecular flexibility index (Phi) is 4.27. The van der Waals surface area contributed by atoms with Gasteiger partial charge in [-0.3, -0.25) is 0 Å². The average Bonchev–Trinajstić information content (AvgIpc) is 2.15. The van der Waals surface area contributed by atoms with Crippen molar-refractivity contribution in [1.82, 2.24) is 0 Å². The molecular formula is C12H15F2NOS. The highest BCUT2D eigenvalue weighted by Crippen LogP contribution is 2.19. The second-order valence-electron chi connectivity index (χ2n) is 4.66. The molecule has 17 heavy (non-hydrogen) atoms. The summed E-state index contributed by atoms with van der Waals surface area (Å²) in [4.78, 5) is 0. The van der Waals surface area contributed by atoms with E-state index in [1.165, 1.54) is 6.07 Å². The highest BCUT2D eigenvalue weighted by molar-refractivity contribution is 7.91. The van der Waals surface area contributed by atoms with E-state index in [-0.39, 0.29) is 5.56 Å². The van der Waals surface area contributed by atoms with Crippen molar-refractivity contribution in [3.8, 4) is 0 Å². The second-order valence-corrected chi connectivity index (χ2v) is 6.57. The molecule has 2 nitrogen and oxygen atoms in total. The maximum Gasteiger partial charge on any atom is 0.144 e. The van der Waals surface area contributed by atoms with Crippen molar-refractivity contribution in [3.05, 3.63) is 35.4 Å². The fourth-order valence-electron chi connectivity index (χ4n) is 1.09. The molecule has 0 amide bonds. The molecule has 0 aromatic heterocycles. The van der Waals surface area contributed by atoms with Crippen LogP contribution in [0.1, 0.15) is 33.3 Å². The van der Waals surface area contributed by atoms with E-state index < -0.39 is 27.7 Å². The van der Waals surface area contributed by atoms with Gasteiger partial charge in [0.2, 0.25) is 0 Å². The molecule has 0 N–H and O–H groups in total. The maximum atomic E-state index is 13.4. The monoisotopic (exact) mass is 259 g/mol. The number of halogens is 2. The Morgan fingerprint density at radius 3 is 2.35 bits per heavy atom. The van der Waals surface area contributed by atoms with Gasteiger partial charge in [0.05, 0.1) is 5.71 Å². The molecule has 1 aromatic carbocycles. The van der Waals surface area contributed by atoms with Gasteiger partial charge in [0.25, 0.3) is 0 Å². The Morgan fingerprint density at radius 2 is 1.88 bits per heavy atom. The topological polar surface area (TPSA) is 35.4 Å². The van der Waals surface area contributed by atoms with Crippen molar-refractivity contribution in [2.24, 2.45) is 4.40 Å². The van der Waals surface area contributed by atoms with Crippen LogP contribution in [0.4, 0.5) is 8.78 Å². The number of benzene rings is 1. The fraction of sp³-hybridized carbons (Fsp3) is 0.417. The average molecular weight is 259 g/mol. The van der Waals surface area contributed by atoms with Gasteiger partial charge in [-0.25, -0.2) is 8.78 Å². The molecular weight excluding hydrogens is 244 g/mol. The molecule has 0 saturated heterocycles. The second kappa shape index (κ2) is 5.14. The SMILES string of the molecule is C/C(=N\[S+]([O-])C(C)(C)C)c1ccc(F)cc1F. The first-order valence-electron chi connectivity index (χ1n) is 5.14. The van der Waals surface area contributed by atoms with Crippen molar-refractivity contribution in [3.63, 3.8) is 0 Å². The molecule has 0 radical (unpaired) electrons. The van der Waals surface area contributed by atoms with Crippen molar-refractivity contribution in [2.75, 3.05) is 0 Å². The van der Waals surface area contributed by atoms with Gasteiger partial charge in [0.1, 0.15) is 27.7 Å². The summed E-state index contributed by atoms with van der Waals surface area (Å²) in [6.07, 6.45) is 0. The third-order valence-corrected chi connectivity index (χ3v) is 3.55. The summed E-state index contributed by atoms with van der Waals surface area (Å²) in [6.45, 7) is 6.89. The van der Waals surface area contributed by atoms with Crippen molar-refractivity contribution in [1.29, 1.82) is 0 Å². The van der Waals surface area contributed by atoms with Gasteiger partial charge in [-0.05, 0) is 39.8 Å². The molecule has 0 fully saturated rings. The zero-order valence-corrected chi connectivity index (χ0v) is 11.1. The van der Waals surface area contributed by atoms with Crippen LogP contribution in [0.15, 0.2) is 22.6 Å². The van der Waals surface area contributed by atoms with E-state index in [1.54, 1.807) is 27.7 Å². The van der Waals surface area contributed by atoms with E-state index in [1.807, 2.05) is 0 Å². The smallest absolute Gasteiger partial charge is 0.144 e. The van der Waals surface area contributed by atoms with Gasteiger partial charge >= 0.3 is 0 Å². The lowest BCUT2D eigenvalue weighted by Gasteiger charge is -2.18. The van der Waals surface area contributed by atoms with Crippen molar-refractivity contribution < 1.29 is 13.3 Å². The predicted molar refractivity (Wildman–Crippen MR) is 66.5 cm³/mol. The number of hydrogen-bond donors (Lipinski definition) is 0. The molecule has 1 unspecified atom stereocenters. The van der Waals surface area contributed by atoms with E-state index in [9.17, 15) is 13.3 Å². The third-order valence-electron chi connectivity index (χ3n) is 2.06. The Hall–Kier alpha value is -0.940. The fourth-order valence-corrected chi connectivity index (χ4v) is 1.71. The van der Waals surface area contributed by atoms with Crippen molar-refractivity contribution in [2.45, 2.75) is 32.4 Å². The minimum Gasteiger partial charge on any atom is -0.591 e. The van der Waals surface area contributed by atoms with Gasteiger partial charge in [0.15, 0.2) is 0 Å². The van der Waals surface area contributed by atoms with Gasteiger partial charge < -0.3 is 4.55 Å². The van der Waals surface area contributed by atoms with Crippen molar-refractivity contribution >= 4 is 17.1 Å². The molecule has 1 atom stereocenters. The molecule has 0 aliphatic carbocycles. The molecule has 0 saturated carbocycles. The van der Waals surface area contributed by atoms with Gasteiger partial charge in [-0.2, -0.15) is 0 Å². The van der Waals surface area contributed by atoms with Gasteiger partial charge in [-0.1, -0.05) is 4.40 Å². The minimum absolute atomic E-state index is 0.170. The van der Waals surface area contributed by atoms with Crippen LogP contribution in [0.3, 0.4) is 0 Å². The summed E-state index contributed by atoms with van der Waals surface area (Å²) in [5.74, 6) is -1.34. The highest BCUT2D eigenvalue weighted by atomic mass is 32.2. The zero-order valence-electron chi connectivity index (χ0n) is 10.3. The summed E-state index contributed by atoms with van der Waals surface area (Å²) >= 11 is -1.45. The number of hydrogen-bond acceptors (Lipinski definition) is 2. The van der Waals surface area contributed by atoms with Crippen LogP contribution in [0.5, 0.6) is 0 Å². The van der Waals surface area contributed by atoms with E-state index in [4.69, 9.17) is 0 Å². The van der Waals surface area contributed by atoms with E-state index in [0.717, 1.165) is 12.1 Å². The molecule has 0 heterocycles. The highest BCUT2D eigenvalue weighted by Gasteiger charge is 2.27.